The quantitative estimate of drug-likeness (QED) is 0.546. The Morgan fingerprint density at radius 3 is 2.45 bits per heavy atom. The Morgan fingerprint density at radius 1 is 1.15 bits per heavy atom. The maximum atomic E-state index is 7.22. The molecule has 2 aromatic carbocycles. The Hall–Kier alpha value is -2.53. The number of ether oxygens (including phenoxy) is 1. The molecule has 2 heteroatoms. The van der Waals surface area contributed by atoms with Crippen LogP contribution in [0.3, 0.4) is 0 Å². The van der Waals surface area contributed by atoms with Crippen LogP contribution < -0.4 is 4.74 Å². The third-order valence-electron chi connectivity index (χ3n) is 3.23. The van der Waals surface area contributed by atoms with Gasteiger partial charge in [0.05, 0.1) is 13.7 Å². The SMILES string of the molecule is [C-]#[N+]c1ccccc1/C=C(\CC)c1ccc(OC)cc1. The van der Waals surface area contributed by atoms with E-state index in [1.54, 1.807) is 7.11 Å². The zero-order chi connectivity index (χ0) is 14.4. The van der Waals surface area contributed by atoms with Crippen molar-refractivity contribution in [3.05, 3.63) is 71.1 Å². The normalized spacial score (nSPS) is 10.9. The Bertz CT molecular complexity index is 648. The summed E-state index contributed by atoms with van der Waals surface area (Å²) in [5, 5.41) is 0. The van der Waals surface area contributed by atoms with E-state index in [0.29, 0.717) is 5.69 Å². The van der Waals surface area contributed by atoms with Crippen molar-refractivity contribution in [2.45, 2.75) is 13.3 Å². The standard InChI is InChI=1S/C18H17NO/c1-4-14(15-9-11-17(20-3)12-10-15)13-16-7-5-6-8-18(16)19-2/h5-13H,4H2,1,3H3/b14-13+. The molecule has 0 unspecified atom stereocenters. The zero-order valence-corrected chi connectivity index (χ0v) is 11.8. The molecule has 0 saturated heterocycles. The van der Waals surface area contributed by atoms with E-state index in [0.717, 1.165) is 23.3 Å². The monoisotopic (exact) mass is 263 g/mol. The van der Waals surface area contributed by atoms with Crippen LogP contribution in [0.1, 0.15) is 24.5 Å². The lowest BCUT2D eigenvalue weighted by atomic mass is 10.00. The van der Waals surface area contributed by atoms with Crippen LogP contribution >= 0.6 is 0 Å². The highest BCUT2D eigenvalue weighted by Crippen LogP contribution is 2.27. The first-order chi connectivity index (χ1) is 9.78. The van der Waals surface area contributed by atoms with E-state index in [1.807, 2.05) is 36.4 Å². The molecular weight excluding hydrogens is 246 g/mol. The summed E-state index contributed by atoms with van der Waals surface area (Å²) in [7, 11) is 1.66. The first kappa shape index (κ1) is 13.9. The van der Waals surface area contributed by atoms with Crippen LogP contribution in [-0.4, -0.2) is 7.11 Å². The van der Waals surface area contributed by atoms with Crippen LogP contribution in [0.25, 0.3) is 16.5 Å². The number of allylic oxidation sites excluding steroid dienone is 1. The fourth-order valence-electron chi connectivity index (χ4n) is 2.09. The second-order valence-electron chi connectivity index (χ2n) is 4.42. The molecule has 0 radical (unpaired) electrons. The maximum absolute atomic E-state index is 7.22. The second kappa shape index (κ2) is 6.58. The summed E-state index contributed by atoms with van der Waals surface area (Å²) in [6, 6.07) is 15.7. The van der Waals surface area contributed by atoms with Gasteiger partial charge in [-0.3, -0.25) is 0 Å². The Balaban J connectivity index is 2.40. The van der Waals surface area contributed by atoms with Gasteiger partial charge in [-0.25, -0.2) is 4.85 Å². The molecule has 0 heterocycles. The zero-order valence-electron chi connectivity index (χ0n) is 11.8. The van der Waals surface area contributed by atoms with Gasteiger partial charge in [0.25, 0.3) is 0 Å². The van der Waals surface area contributed by atoms with E-state index in [-0.39, 0.29) is 0 Å². The van der Waals surface area contributed by atoms with Gasteiger partial charge in [0.2, 0.25) is 0 Å². The molecule has 20 heavy (non-hydrogen) atoms. The topological polar surface area (TPSA) is 13.6 Å². The summed E-state index contributed by atoms with van der Waals surface area (Å²) in [5.41, 5.74) is 4.03. The summed E-state index contributed by atoms with van der Waals surface area (Å²) in [5.74, 6) is 0.853. The molecule has 0 saturated carbocycles. The van der Waals surface area contributed by atoms with Crippen LogP contribution in [0.2, 0.25) is 0 Å². The number of hydrogen-bond donors (Lipinski definition) is 0. The van der Waals surface area contributed by atoms with Gasteiger partial charge in [-0.2, -0.15) is 0 Å². The highest BCUT2D eigenvalue weighted by molar-refractivity contribution is 5.85. The summed E-state index contributed by atoms with van der Waals surface area (Å²) >= 11 is 0. The third kappa shape index (κ3) is 3.07. The Labute approximate surface area is 120 Å². The average Bonchev–Trinajstić information content (AvgIpc) is 2.53. The predicted octanol–water partition coefficient (Wildman–Crippen LogP) is 5.20. The first-order valence-electron chi connectivity index (χ1n) is 6.60. The molecule has 0 aliphatic heterocycles. The molecule has 0 aliphatic carbocycles. The summed E-state index contributed by atoms with van der Waals surface area (Å²) in [6.45, 7) is 9.34. The number of hydrogen-bond acceptors (Lipinski definition) is 1. The third-order valence-corrected chi connectivity index (χ3v) is 3.23. The van der Waals surface area contributed by atoms with Crippen molar-refractivity contribution in [2.75, 3.05) is 7.11 Å². The average molecular weight is 263 g/mol. The minimum atomic E-state index is 0.687. The van der Waals surface area contributed by atoms with E-state index in [9.17, 15) is 0 Å². The summed E-state index contributed by atoms with van der Waals surface area (Å²) in [4.78, 5) is 3.56. The molecule has 0 fully saturated rings. The molecule has 0 spiro atoms. The predicted molar refractivity (Wildman–Crippen MR) is 83.9 cm³/mol. The van der Waals surface area contributed by atoms with Crippen molar-refractivity contribution in [1.29, 1.82) is 0 Å². The van der Waals surface area contributed by atoms with Crippen LogP contribution in [0.15, 0.2) is 48.5 Å². The molecule has 0 N–H and O–H groups in total. The molecule has 0 amide bonds. The minimum Gasteiger partial charge on any atom is -0.497 e. The lowest BCUT2D eigenvalue weighted by Gasteiger charge is -2.07. The molecule has 2 rings (SSSR count). The van der Waals surface area contributed by atoms with E-state index in [2.05, 4.69) is 30.0 Å². The fraction of sp³-hybridized carbons (Fsp3) is 0.167. The fourth-order valence-corrected chi connectivity index (χ4v) is 2.09. The maximum Gasteiger partial charge on any atom is 0.194 e. The van der Waals surface area contributed by atoms with E-state index in [1.165, 1.54) is 5.57 Å². The van der Waals surface area contributed by atoms with Crippen LogP contribution in [0, 0.1) is 6.57 Å². The largest absolute Gasteiger partial charge is 0.497 e. The summed E-state index contributed by atoms with van der Waals surface area (Å²) in [6.07, 6.45) is 3.01. The highest BCUT2D eigenvalue weighted by Gasteiger charge is 2.03. The second-order valence-corrected chi connectivity index (χ2v) is 4.42. The van der Waals surface area contributed by atoms with E-state index >= 15 is 0 Å². The molecule has 0 atom stereocenters. The van der Waals surface area contributed by atoms with Gasteiger partial charge in [0.1, 0.15) is 5.75 Å². The molecule has 0 bridgehead atoms. The van der Waals surface area contributed by atoms with Gasteiger partial charge in [-0.1, -0.05) is 49.4 Å². The van der Waals surface area contributed by atoms with Crippen molar-refractivity contribution in [2.24, 2.45) is 0 Å². The molecule has 0 aromatic heterocycles. The Kier molecular flexibility index (Phi) is 4.57. The smallest absolute Gasteiger partial charge is 0.194 e. The minimum absolute atomic E-state index is 0.687. The number of rotatable bonds is 4. The Morgan fingerprint density at radius 2 is 1.85 bits per heavy atom. The number of para-hydroxylation sites is 1. The van der Waals surface area contributed by atoms with Crippen LogP contribution in [0.4, 0.5) is 5.69 Å². The number of benzene rings is 2. The van der Waals surface area contributed by atoms with E-state index in [4.69, 9.17) is 11.3 Å². The van der Waals surface area contributed by atoms with Gasteiger partial charge in [0.15, 0.2) is 5.69 Å². The van der Waals surface area contributed by atoms with Gasteiger partial charge in [-0.15, -0.1) is 0 Å². The van der Waals surface area contributed by atoms with Crippen LogP contribution in [-0.2, 0) is 0 Å². The van der Waals surface area contributed by atoms with E-state index < -0.39 is 0 Å². The molecule has 2 nitrogen and oxygen atoms in total. The number of nitrogens with zero attached hydrogens (tertiary/aromatic N) is 1. The van der Waals surface area contributed by atoms with Crippen molar-refractivity contribution in [3.8, 4) is 5.75 Å². The number of methoxy groups -OCH3 is 1. The summed E-state index contributed by atoms with van der Waals surface area (Å²) < 4.78 is 5.18. The molecular formula is C18H17NO. The lowest BCUT2D eigenvalue weighted by Crippen LogP contribution is -1.86. The van der Waals surface area contributed by atoms with Crippen molar-refractivity contribution in [3.63, 3.8) is 0 Å². The van der Waals surface area contributed by atoms with Crippen molar-refractivity contribution < 1.29 is 4.74 Å². The van der Waals surface area contributed by atoms with Gasteiger partial charge in [-0.05, 0) is 35.3 Å². The van der Waals surface area contributed by atoms with Crippen molar-refractivity contribution in [1.82, 2.24) is 0 Å². The van der Waals surface area contributed by atoms with Gasteiger partial charge >= 0.3 is 0 Å². The highest BCUT2D eigenvalue weighted by atomic mass is 16.5. The van der Waals surface area contributed by atoms with Crippen LogP contribution in [0.5, 0.6) is 5.75 Å². The molecule has 0 aliphatic rings. The van der Waals surface area contributed by atoms with Gasteiger partial charge in [0, 0.05) is 0 Å². The van der Waals surface area contributed by atoms with Gasteiger partial charge < -0.3 is 4.74 Å². The molecule has 2 aromatic rings. The van der Waals surface area contributed by atoms with Crippen molar-refractivity contribution >= 4 is 17.3 Å². The first-order valence-corrected chi connectivity index (χ1v) is 6.60. The molecule has 100 valence electrons. The lowest BCUT2D eigenvalue weighted by molar-refractivity contribution is 0.415.